The highest BCUT2D eigenvalue weighted by Crippen LogP contribution is 2.45. The highest BCUT2D eigenvalue weighted by molar-refractivity contribution is 5.92. The molecule has 3 heterocycles. The van der Waals surface area contributed by atoms with Crippen LogP contribution >= 0.6 is 0 Å². The molecular formula is C19H21FN4O3. The minimum Gasteiger partial charge on any atom is -0.451 e. The molecule has 2 fully saturated rings. The van der Waals surface area contributed by atoms with Gasteiger partial charge >= 0.3 is 6.03 Å². The number of hydrogen-bond donors (Lipinski definition) is 0. The van der Waals surface area contributed by atoms with E-state index in [1.54, 1.807) is 30.0 Å². The summed E-state index contributed by atoms with van der Waals surface area (Å²) < 4.78 is 18.8. The first-order valence-electron chi connectivity index (χ1n) is 8.86. The number of carbonyl (C=O) groups excluding carboxylic acids is 2. The van der Waals surface area contributed by atoms with Gasteiger partial charge in [0.1, 0.15) is 12.1 Å². The molecule has 1 aromatic carbocycles. The zero-order valence-electron chi connectivity index (χ0n) is 15.2. The zero-order valence-corrected chi connectivity index (χ0v) is 15.2. The maximum absolute atomic E-state index is 13.8. The molecule has 8 heteroatoms. The Balaban J connectivity index is 1.63. The molecule has 2 aliphatic heterocycles. The van der Waals surface area contributed by atoms with E-state index in [0.717, 1.165) is 5.56 Å². The van der Waals surface area contributed by atoms with Crippen LogP contribution in [0.5, 0.6) is 0 Å². The first-order chi connectivity index (χ1) is 13.0. The Bertz CT molecular complexity index is 854. The van der Waals surface area contributed by atoms with Crippen LogP contribution in [-0.4, -0.2) is 65.4 Å². The van der Waals surface area contributed by atoms with E-state index in [1.807, 2.05) is 6.07 Å². The predicted molar refractivity (Wildman–Crippen MR) is 94.3 cm³/mol. The third-order valence-corrected chi connectivity index (χ3v) is 5.42. The summed E-state index contributed by atoms with van der Waals surface area (Å²) in [5, 5.41) is 0. The van der Waals surface area contributed by atoms with Crippen molar-refractivity contribution in [2.24, 2.45) is 11.8 Å². The van der Waals surface area contributed by atoms with Gasteiger partial charge in [0.05, 0.1) is 6.04 Å². The fourth-order valence-corrected chi connectivity index (χ4v) is 4.26. The number of carbonyl (C=O) groups is 2. The second-order valence-electron chi connectivity index (χ2n) is 7.34. The molecule has 4 rings (SSSR count). The molecule has 0 bridgehead atoms. The minimum absolute atomic E-state index is 0.0477. The number of urea groups is 1. The van der Waals surface area contributed by atoms with E-state index in [4.69, 9.17) is 4.42 Å². The highest BCUT2D eigenvalue weighted by Gasteiger charge is 2.50. The van der Waals surface area contributed by atoms with E-state index in [1.165, 1.54) is 29.7 Å². The number of benzene rings is 1. The number of likely N-dealkylation sites (tertiary alicyclic amines) is 2. The Morgan fingerprint density at radius 1 is 1.26 bits per heavy atom. The van der Waals surface area contributed by atoms with E-state index < -0.39 is 0 Å². The molecular weight excluding hydrogens is 351 g/mol. The number of halogens is 1. The minimum atomic E-state index is -0.332. The van der Waals surface area contributed by atoms with Crippen molar-refractivity contribution in [3.8, 4) is 0 Å². The van der Waals surface area contributed by atoms with Gasteiger partial charge in [-0.25, -0.2) is 14.2 Å². The van der Waals surface area contributed by atoms with Gasteiger partial charge in [-0.15, -0.1) is 0 Å². The third-order valence-electron chi connectivity index (χ3n) is 5.42. The normalized spacial score (nSPS) is 24.2. The Hall–Kier alpha value is -2.90. The smallest absolute Gasteiger partial charge is 0.320 e. The lowest BCUT2D eigenvalue weighted by atomic mass is 9.89. The van der Waals surface area contributed by atoms with Crippen molar-refractivity contribution in [2.75, 3.05) is 33.7 Å². The van der Waals surface area contributed by atoms with Crippen LogP contribution in [0.4, 0.5) is 9.18 Å². The number of oxazole rings is 1. The topological polar surface area (TPSA) is 69.9 Å². The molecule has 142 valence electrons. The Labute approximate surface area is 156 Å². The molecule has 0 unspecified atom stereocenters. The Morgan fingerprint density at radius 2 is 2.07 bits per heavy atom. The molecule has 2 aliphatic rings. The summed E-state index contributed by atoms with van der Waals surface area (Å²) in [6.07, 6.45) is 2.57. The lowest BCUT2D eigenvalue weighted by molar-refractivity contribution is 0.0760. The van der Waals surface area contributed by atoms with Crippen molar-refractivity contribution in [3.63, 3.8) is 0 Å². The van der Waals surface area contributed by atoms with Gasteiger partial charge in [0.2, 0.25) is 0 Å². The number of aromatic nitrogens is 1. The van der Waals surface area contributed by atoms with Crippen LogP contribution in [0, 0.1) is 17.7 Å². The summed E-state index contributed by atoms with van der Waals surface area (Å²) in [5.74, 6) is -0.326. The Kier molecular flexibility index (Phi) is 4.33. The van der Waals surface area contributed by atoms with Gasteiger partial charge in [0.15, 0.2) is 12.1 Å². The van der Waals surface area contributed by atoms with Crippen LogP contribution in [0.2, 0.25) is 0 Å². The van der Waals surface area contributed by atoms with E-state index in [2.05, 4.69) is 4.98 Å². The molecule has 0 radical (unpaired) electrons. The van der Waals surface area contributed by atoms with E-state index in [9.17, 15) is 14.0 Å². The van der Waals surface area contributed by atoms with Crippen molar-refractivity contribution in [1.29, 1.82) is 0 Å². The van der Waals surface area contributed by atoms with E-state index >= 15 is 0 Å². The van der Waals surface area contributed by atoms with Crippen molar-refractivity contribution >= 4 is 11.9 Å². The number of nitrogens with zero attached hydrogens (tertiary/aromatic N) is 4. The average molecular weight is 372 g/mol. The maximum Gasteiger partial charge on any atom is 0.320 e. The summed E-state index contributed by atoms with van der Waals surface area (Å²) in [4.78, 5) is 34.3. The molecule has 3 atom stereocenters. The number of fused-ring (bicyclic) bond motifs is 1. The van der Waals surface area contributed by atoms with Crippen molar-refractivity contribution in [1.82, 2.24) is 19.7 Å². The van der Waals surface area contributed by atoms with Gasteiger partial charge in [0.25, 0.3) is 5.91 Å². The van der Waals surface area contributed by atoms with Gasteiger partial charge < -0.3 is 19.1 Å². The van der Waals surface area contributed by atoms with Crippen LogP contribution in [0.15, 0.2) is 41.3 Å². The fraction of sp³-hybridized carbons (Fsp3) is 0.421. The molecule has 3 amide bonds. The molecule has 7 nitrogen and oxygen atoms in total. The number of hydrogen-bond acceptors (Lipinski definition) is 4. The van der Waals surface area contributed by atoms with Crippen LogP contribution in [-0.2, 0) is 0 Å². The van der Waals surface area contributed by atoms with Gasteiger partial charge in [-0.1, -0.05) is 12.1 Å². The summed E-state index contributed by atoms with van der Waals surface area (Å²) in [5.41, 5.74) is 1.03. The van der Waals surface area contributed by atoms with Gasteiger partial charge in [-0.3, -0.25) is 4.79 Å². The molecule has 2 saturated heterocycles. The number of amides is 3. The van der Waals surface area contributed by atoms with Crippen LogP contribution in [0.1, 0.15) is 22.1 Å². The molecule has 0 N–H and O–H groups in total. The number of rotatable bonds is 2. The summed E-state index contributed by atoms with van der Waals surface area (Å²) in [6.45, 7) is 1.57. The summed E-state index contributed by atoms with van der Waals surface area (Å²) in [6, 6.07) is 6.00. The second kappa shape index (κ2) is 6.68. The van der Waals surface area contributed by atoms with Crippen molar-refractivity contribution in [3.05, 3.63) is 54.0 Å². The van der Waals surface area contributed by atoms with E-state index in [0.29, 0.717) is 19.6 Å². The van der Waals surface area contributed by atoms with E-state index in [-0.39, 0.29) is 41.3 Å². The SMILES string of the molecule is CN(C)C(=O)N1C[C@H]2CN(C(=O)c3cocn3)C[C@H]2[C@H]1c1cccc(F)c1. The van der Waals surface area contributed by atoms with Gasteiger partial charge in [-0.2, -0.15) is 0 Å². The summed E-state index contributed by atoms with van der Waals surface area (Å²) in [7, 11) is 3.42. The average Bonchev–Trinajstić information content (AvgIpc) is 3.35. The van der Waals surface area contributed by atoms with Gasteiger partial charge in [0, 0.05) is 45.6 Å². The quantitative estimate of drug-likeness (QED) is 0.811. The molecule has 27 heavy (non-hydrogen) atoms. The van der Waals surface area contributed by atoms with Crippen LogP contribution in [0.25, 0.3) is 0 Å². The summed E-state index contributed by atoms with van der Waals surface area (Å²) >= 11 is 0. The predicted octanol–water partition coefficient (Wildman–Crippen LogP) is 2.24. The largest absolute Gasteiger partial charge is 0.451 e. The van der Waals surface area contributed by atoms with Crippen LogP contribution in [0.3, 0.4) is 0 Å². The third kappa shape index (κ3) is 3.05. The molecule has 2 aromatic rings. The van der Waals surface area contributed by atoms with Crippen molar-refractivity contribution < 1.29 is 18.4 Å². The molecule has 0 spiro atoms. The lowest BCUT2D eigenvalue weighted by Crippen LogP contribution is -2.42. The fourth-order valence-electron chi connectivity index (χ4n) is 4.26. The molecule has 0 aliphatic carbocycles. The molecule has 1 aromatic heterocycles. The zero-order chi connectivity index (χ0) is 19.1. The lowest BCUT2D eigenvalue weighted by Gasteiger charge is -2.31. The first kappa shape index (κ1) is 17.5. The van der Waals surface area contributed by atoms with Crippen molar-refractivity contribution in [2.45, 2.75) is 6.04 Å². The van der Waals surface area contributed by atoms with Gasteiger partial charge in [-0.05, 0) is 17.7 Å². The first-order valence-corrected chi connectivity index (χ1v) is 8.86. The Morgan fingerprint density at radius 3 is 2.74 bits per heavy atom. The molecule has 0 saturated carbocycles. The standard InChI is InChI=1S/C19H21FN4O3/c1-22(2)19(26)24-8-13-7-23(18(25)16-10-27-11-21-16)9-15(13)17(24)12-4-3-5-14(20)6-12/h3-6,10-11,13,15,17H,7-9H2,1-2H3/t13-,15-,17-/m1/s1. The van der Waals surface area contributed by atoms with Crippen LogP contribution < -0.4 is 0 Å². The monoisotopic (exact) mass is 372 g/mol. The second-order valence-corrected chi connectivity index (χ2v) is 7.34. The highest BCUT2D eigenvalue weighted by atomic mass is 19.1. The maximum atomic E-state index is 13.8.